The molecule has 0 aliphatic carbocycles. The van der Waals surface area contributed by atoms with Gasteiger partial charge in [0, 0.05) is 11.1 Å². The summed E-state index contributed by atoms with van der Waals surface area (Å²) >= 11 is 0. The predicted octanol–water partition coefficient (Wildman–Crippen LogP) is -0.327. The Morgan fingerprint density at radius 2 is 1.59 bits per heavy atom. The Bertz CT molecular complexity index is 618. The molecule has 1 aliphatic rings. The topological polar surface area (TPSA) is 46.5 Å². The average Bonchev–Trinajstić information content (AvgIpc) is 2.29. The van der Waals surface area contributed by atoms with E-state index in [-0.39, 0.29) is 31.0 Å². The third-order valence-electron chi connectivity index (χ3n) is 2.61. The van der Waals surface area contributed by atoms with Gasteiger partial charge >= 0.3 is 37.2 Å². The summed E-state index contributed by atoms with van der Waals surface area (Å²) in [5, 5.41) is 0.369. The molecule has 82 valence electrons. The van der Waals surface area contributed by atoms with Crippen LogP contribution in [0.15, 0.2) is 48.5 Å². The standard InChI is InChI=1S/C12H9O3P.Na.H/c13-16(14)12-8-4-2-6-10(12)9-5-1-3-7-11(9)15-16;;/h1-8H,(H,13,14);;/q;+1;-1. The van der Waals surface area contributed by atoms with Crippen molar-refractivity contribution in [3.05, 3.63) is 48.5 Å². The molecule has 3 nitrogen and oxygen atoms in total. The molecule has 17 heavy (non-hydrogen) atoms. The van der Waals surface area contributed by atoms with Crippen LogP contribution in [0.5, 0.6) is 5.75 Å². The van der Waals surface area contributed by atoms with Gasteiger partial charge in [0.1, 0.15) is 5.75 Å². The summed E-state index contributed by atoms with van der Waals surface area (Å²) in [7, 11) is -3.71. The Kier molecular flexibility index (Phi) is 3.48. The first kappa shape index (κ1) is 12.9. The summed E-state index contributed by atoms with van der Waals surface area (Å²) in [6.07, 6.45) is 0. The molecule has 1 heterocycles. The summed E-state index contributed by atoms with van der Waals surface area (Å²) in [4.78, 5) is 9.81. The number of benzene rings is 2. The predicted molar refractivity (Wildman–Crippen MR) is 63.1 cm³/mol. The number of hydrogen-bond acceptors (Lipinski definition) is 2. The molecule has 2 aromatic rings. The molecule has 0 spiro atoms. The molecule has 0 amide bonds. The normalized spacial score (nSPS) is 20.5. The second-order valence-electron chi connectivity index (χ2n) is 3.63. The summed E-state index contributed by atoms with van der Waals surface area (Å²) < 4.78 is 17.1. The Morgan fingerprint density at radius 1 is 1.00 bits per heavy atom. The molecular formula is C12H10NaO3P. The van der Waals surface area contributed by atoms with Crippen LogP contribution in [0.3, 0.4) is 0 Å². The second-order valence-corrected chi connectivity index (χ2v) is 5.33. The zero-order valence-electron chi connectivity index (χ0n) is 10.3. The number of hydrogen-bond donors (Lipinski definition) is 1. The third kappa shape index (κ3) is 2.10. The smallest absolute Gasteiger partial charge is 1.00 e. The maximum Gasteiger partial charge on any atom is 1.00 e. The fraction of sp³-hybridized carbons (Fsp3) is 0. The van der Waals surface area contributed by atoms with E-state index in [1.807, 2.05) is 24.3 Å². The molecule has 1 unspecified atom stereocenters. The fourth-order valence-electron chi connectivity index (χ4n) is 1.90. The molecule has 1 atom stereocenters. The molecule has 2 aromatic carbocycles. The van der Waals surface area contributed by atoms with E-state index in [2.05, 4.69) is 0 Å². The van der Waals surface area contributed by atoms with Crippen molar-refractivity contribution in [3.8, 4) is 16.9 Å². The maximum absolute atomic E-state index is 12.0. The van der Waals surface area contributed by atoms with Crippen LogP contribution < -0.4 is 39.4 Å². The molecule has 0 bridgehead atoms. The number of para-hydroxylation sites is 1. The van der Waals surface area contributed by atoms with Crippen molar-refractivity contribution in [2.75, 3.05) is 0 Å². The largest absolute Gasteiger partial charge is 1.00 e. The zero-order chi connectivity index (χ0) is 11.2. The van der Waals surface area contributed by atoms with Gasteiger partial charge in [-0.25, -0.2) is 4.57 Å². The Hall–Kier alpha value is -0.570. The summed E-state index contributed by atoms with van der Waals surface area (Å²) in [6.45, 7) is 0. The van der Waals surface area contributed by atoms with Crippen LogP contribution in [0.4, 0.5) is 0 Å². The minimum atomic E-state index is -3.71. The van der Waals surface area contributed by atoms with Crippen molar-refractivity contribution < 1.29 is 45.0 Å². The molecular weight excluding hydrogens is 246 g/mol. The van der Waals surface area contributed by atoms with E-state index in [0.29, 0.717) is 11.1 Å². The fourth-order valence-corrected chi connectivity index (χ4v) is 3.20. The quantitative estimate of drug-likeness (QED) is 0.519. The molecule has 3 rings (SSSR count). The van der Waals surface area contributed by atoms with Crippen molar-refractivity contribution in [2.45, 2.75) is 0 Å². The van der Waals surface area contributed by atoms with E-state index in [1.54, 1.807) is 24.3 Å². The minimum absolute atomic E-state index is 0. The molecule has 0 radical (unpaired) electrons. The average molecular weight is 256 g/mol. The van der Waals surface area contributed by atoms with Crippen LogP contribution in [-0.4, -0.2) is 4.89 Å². The van der Waals surface area contributed by atoms with E-state index >= 15 is 0 Å². The van der Waals surface area contributed by atoms with Gasteiger partial charge in [-0.2, -0.15) is 0 Å². The molecule has 0 saturated heterocycles. The van der Waals surface area contributed by atoms with E-state index in [0.717, 1.165) is 11.1 Å². The number of fused-ring (bicyclic) bond motifs is 3. The molecule has 1 aliphatic heterocycles. The van der Waals surface area contributed by atoms with Gasteiger partial charge < -0.3 is 10.8 Å². The van der Waals surface area contributed by atoms with Crippen LogP contribution >= 0.6 is 7.60 Å². The molecule has 1 N–H and O–H groups in total. The maximum atomic E-state index is 12.0. The van der Waals surface area contributed by atoms with Gasteiger partial charge in [0.15, 0.2) is 0 Å². The Balaban J connectivity index is 0.000000810. The first-order chi connectivity index (χ1) is 7.68. The molecule has 5 heteroatoms. The number of rotatable bonds is 0. The first-order valence-corrected chi connectivity index (χ1v) is 6.48. The van der Waals surface area contributed by atoms with Crippen molar-refractivity contribution >= 4 is 12.9 Å². The van der Waals surface area contributed by atoms with E-state index in [9.17, 15) is 9.46 Å². The van der Waals surface area contributed by atoms with E-state index < -0.39 is 7.60 Å². The van der Waals surface area contributed by atoms with Gasteiger partial charge in [-0.1, -0.05) is 36.4 Å². The van der Waals surface area contributed by atoms with Crippen LogP contribution in [-0.2, 0) is 4.57 Å². The van der Waals surface area contributed by atoms with Crippen LogP contribution in [0, 0.1) is 0 Å². The van der Waals surface area contributed by atoms with E-state index in [4.69, 9.17) is 4.52 Å². The summed E-state index contributed by atoms with van der Waals surface area (Å²) in [6, 6.07) is 14.3. The molecule has 0 fully saturated rings. The van der Waals surface area contributed by atoms with Crippen LogP contribution in [0.25, 0.3) is 11.1 Å². The second kappa shape index (κ2) is 4.60. The van der Waals surface area contributed by atoms with Crippen molar-refractivity contribution in [1.29, 1.82) is 0 Å². The van der Waals surface area contributed by atoms with Crippen molar-refractivity contribution in [3.63, 3.8) is 0 Å². The van der Waals surface area contributed by atoms with Gasteiger partial charge in [-0.05, 0) is 12.1 Å². The monoisotopic (exact) mass is 256 g/mol. The Labute approximate surface area is 123 Å². The van der Waals surface area contributed by atoms with Gasteiger partial charge in [0.05, 0.1) is 5.30 Å². The van der Waals surface area contributed by atoms with Gasteiger partial charge in [-0.15, -0.1) is 0 Å². The minimum Gasteiger partial charge on any atom is -1.00 e. The van der Waals surface area contributed by atoms with E-state index in [1.165, 1.54) is 0 Å². The van der Waals surface area contributed by atoms with Crippen LogP contribution in [0.2, 0.25) is 0 Å². The summed E-state index contributed by atoms with van der Waals surface area (Å²) in [5.41, 5.74) is 1.63. The van der Waals surface area contributed by atoms with Gasteiger partial charge in [0.25, 0.3) is 0 Å². The van der Waals surface area contributed by atoms with Crippen molar-refractivity contribution in [2.24, 2.45) is 0 Å². The van der Waals surface area contributed by atoms with Gasteiger partial charge in [0.2, 0.25) is 0 Å². The van der Waals surface area contributed by atoms with Crippen LogP contribution in [0.1, 0.15) is 1.43 Å². The first-order valence-electron chi connectivity index (χ1n) is 4.90. The third-order valence-corrected chi connectivity index (χ3v) is 4.05. The molecule has 0 aromatic heterocycles. The van der Waals surface area contributed by atoms with Crippen molar-refractivity contribution in [1.82, 2.24) is 0 Å². The molecule has 0 saturated carbocycles. The zero-order valence-corrected chi connectivity index (χ0v) is 12.2. The van der Waals surface area contributed by atoms with Gasteiger partial charge in [-0.3, -0.25) is 0 Å². The SMILES string of the molecule is O=P1(O)Oc2ccccc2-c2ccccc21.[H-].[Na+]. The Morgan fingerprint density at radius 3 is 2.35 bits per heavy atom. The summed E-state index contributed by atoms with van der Waals surface area (Å²) in [5.74, 6) is 0.465.